The van der Waals surface area contributed by atoms with Gasteiger partial charge in [0, 0.05) is 6.20 Å². The van der Waals surface area contributed by atoms with Crippen molar-refractivity contribution in [1.29, 1.82) is 0 Å². The van der Waals surface area contributed by atoms with Crippen LogP contribution < -0.4 is 10.1 Å². The molecule has 0 radical (unpaired) electrons. The fourth-order valence-electron chi connectivity index (χ4n) is 1.39. The van der Waals surface area contributed by atoms with Crippen LogP contribution in [0.1, 0.15) is 0 Å². The van der Waals surface area contributed by atoms with E-state index in [1.807, 2.05) is 0 Å². The van der Waals surface area contributed by atoms with Crippen molar-refractivity contribution in [3.8, 4) is 5.88 Å². The van der Waals surface area contributed by atoms with E-state index in [4.69, 9.17) is 27.9 Å². The minimum absolute atomic E-state index is 0.0799. The number of amides is 1. The maximum Gasteiger partial charge on any atom is 0.262 e. The summed E-state index contributed by atoms with van der Waals surface area (Å²) in [7, 11) is 0. The third-order valence-corrected chi connectivity index (χ3v) is 2.74. The number of hydrogen-bond acceptors (Lipinski definition) is 3. The number of halogens is 3. The van der Waals surface area contributed by atoms with Crippen molar-refractivity contribution >= 4 is 34.8 Å². The summed E-state index contributed by atoms with van der Waals surface area (Å²) in [5.41, 5.74) is 0.0799. The van der Waals surface area contributed by atoms with Gasteiger partial charge in [-0.25, -0.2) is 9.37 Å². The third-order valence-electron chi connectivity index (χ3n) is 2.26. The van der Waals surface area contributed by atoms with Gasteiger partial charge in [0.05, 0.1) is 10.7 Å². The molecule has 1 aromatic carbocycles. The van der Waals surface area contributed by atoms with E-state index >= 15 is 0 Å². The van der Waals surface area contributed by atoms with E-state index in [0.717, 1.165) is 0 Å². The molecule has 0 saturated heterocycles. The maximum absolute atomic E-state index is 13.3. The molecule has 0 atom stereocenters. The zero-order valence-electron chi connectivity index (χ0n) is 10.1. The summed E-state index contributed by atoms with van der Waals surface area (Å²) in [6.45, 7) is -0.345. The van der Waals surface area contributed by atoms with Crippen molar-refractivity contribution in [2.75, 3.05) is 11.9 Å². The molecule has 7 heteroatoms. The van der Waals surface area contributed by atoms with Crippen LogP contribution in [-0.2, 0) is 4.79 Å². The maximum atomic E-state index is 13.3. The van der Waals surface area contributed by atoms with Crippen LogP contribution >= 0.6 is 23.2 Å². The summed E-state index contributed by atoms with van der Waals surface area (Å²) in [5.74, 6) is -0.967. The molecule has 2 rings (SSSR count). The van der Waals surface area contributed by atoms with Gasteiger partial charge >= 0.3 is 0 Å². The molecule has 104 valence electrons. The number of para-hydroxylation sites is 1. The minimum Gasteiger partial charge on any atom is -0.466 e. The van der Waals surface area contributed by atoms with Gasteiger partial charge in [0.2, 0.25) is 5.88 Å². The zero-order chi connectivity index (χ0) is 14.5. The van der Waals surface area contributed by atoms with Gasteiger partial charge in [0.1, 0.15) is 10.8 Å². The van der Waals surface area contributed by atoms with Crippen LogP contribution in [-0.4, -0.2) is 17.5 Å². The van der Waals surface area contributed by atoms with Crippen molar-refractivity contribution in [2.24, 2.45) is 0 Å². The Morgan fingerprint density at radius 1 is 1.35 bits per heavy atom. The lowest BCUT2D eigenvalue weighted by atomic mass is 10.3. The average molecular weight is 315 g/mol. The van der Waals surface area contributed by atoms with E-state index in [1.54, 1.807) is 6.07 Å². The zero-order valence-corrected chi connectivity index (χ0v) is 11.6. The number of rotatable bonds is 4. The second-order valence-corrected chi connectivity index (χ2v) is 4.60. The standard InChI is InChI=1S/C13H9Cl2FN2O2/c14-8-5-9(15)13(17-6-8)20-7-12(19)18-11-4-2-1-3-10(11)16/h1-6H,7H2,(H,18,19). The van der Waals surface area contributed by atoms with E-state index in [2.05, 4.69) is 10.3 Å². The Morgan fingerprint density at radius 2 is 2.10 bits per heavy atom. The highest BCUT2D eigenvalue weighted by Gasteiger charge is 2.09. The number of anilines is 1. The second-order valence-electron chi connectivity index (χ2n) is 3.76. The summed E-state index contributed by atoms with van der Waals surface area (Å²) in [4.78, 5) is 15.5. The van der Waals surface area contributed by atoms with Crippen molar-refractivity contribution in [3.63, 3.8) is 0 Å². The number of nitrogens with zero attached hydrogens (tertiary/aromatic N) is 1. The molecule has 0 bridgehead atoms. The summed E-state index contributed by atoms with van der Waals surface area (Å²) in [6, 6.07) is 7.27. The topological polar surface area (TPSA) is 51.2 Å². The molecular formula is C13H9Cl2FN2O2. The normalized spacial score (nSPS) is 10.2. The van der Waals surface area contributed by atoms with E-state index in [1.165, 1.54) is 30.5 Å². The van der Waals surface area contributed by atoms with E-state index in [-0.39, 0.29) is 23.2 Å². The molecule has 0 spiro atoms. The summed E-state index contributed by atoms with van der Waals surface area (Å²) >= 11 is 11.5. The largest absolute Gasteiger partial charge is 0.466 e. The molecule has 0 unspecified atom stereocenters. The number of carbonyl (C=O) groups excluding carboxylic acids is 1. The van der Waals surface area contributed by atoms with Crippen LogP contribution in [0.15, 0.2) is 36.5 Å². The van der Waals surface area contributed by atoms with Crippen molar-refractivity contribution in [1.82, 2.24) is 4.98 Å². The SMILES string of the molecule is O=C(COc1ncc(Cl)cc1Cl)Nc1ccccc1F. The van der Waals surface area contributed by atoms with Gasteiger partial charge < -0.3 is 10.1 Å². The number of benzene rings is 1. The fourth-order valence-corrected chi connectivity index (χ4v) is 1.83. The molecule has 0 aliphatic carbocycles. The lowest BCUT2D eigenvalue weighted by Gasteiger charge is -2.08. The molecule has 1 amide bonds. The van der Waals surface area contributed by atoms with Gasteiger partial charge in [-0.2, -0.15) is 0 Å². The number of aromatic nitrogens is 1. The number of hydrogen-bond donors (Lipinski definition) is 1. The number of carbonyl (C=O) groups is 1. The van der Waals surface area contributed by atoms with Crippen molar-refractivity contribution in [2.45, 2.75) is 0 Å². The van der Waals surface area contributed by atoms with Crippen LogP contribution in [0.25, 0.3) is 0 Å². The van der Waals surface area contributed by atoms with E-state index < -0.39 is 11.7 Å². The Hall–Kier alpha value is -1.85. The van der Waals surface area contributed by atoms with E-state index in [0.29, 0.717) is 5.02 Å². The Balaban J connectivity index is 1.94. The van der Waals surface area contributed by atoms with Crippen LogP contribution in [0.2, 0.25) is 10.0 Å². The summed E-state index contributed by atoms with van der Waals surface area (Å²) < 4.78 is 18.4. The minimum atomic E-state index is -0.525. The highest BCUT2D eigenvalue weighted by molar-refractivity contribution is 6.35. The monoisotopic (exact) mass is 314 g/mol. The van der Waals surface area contributed by atoms with Crippen LogP contribution in [0.4, 0.5) is 10.1 Å². The number of nitrogens with one attached hydrogen (secondary N) is 1. The number of ether oxygens (including phenoxy) is 1. The first-order chi connectivity index (χ1) is 9.56. The average Bonchev–Trinajstić information content (AvgIpc) is 2.40. The molecule has 1 heterocycles. The predicted molar refractivity (Wildman–Crippen MR) is 74.8 cm³/mol. The fraction of sp³-hybridized carbons (Fsp3) is 0.0769. The van der Waals surface area contributed by atoms with E-state index in [9.17, 15) is 9.18 Å². The van der Waals surface area contributed by atoms with Gasteiger partial charge in [0.25, 0.3) is 5.91 Å². The molecule has 0 aliphatic rings. The smallest absolute Gasteiger partial charge is 0.262 e. The highest BCUT2D eigenvalue weighted by atomic mass is 35.5. The van der Waals surface area contributed by atoms with Gasteiger partial charge in [0.15, 0.2) is 6.61 Å². The first-order valence-electron chi connectivity index (χ1n) is 5.54. The van der Waals surface area contributed by atoms with Gasteiger partial charge in [-0.15, -0.1) is 0 Å². The van der Waals surface area contributed by atoms with Crippen molar-refractivity contribution < 1.29 is 13.9 Å². The van der Waals surface area contributed by atoms with Gasteiger partial charge in [-0.3, -0.25) is 4.79 Å². The molecule has 4 nitrogen and oxygen atoms in total. The van der Waals surface area contributed by atoms with Gasteiger partial charge in [-0.1, -0.05) is 35.3 Å². The lowest BCUT2D eigenvalue weighted by Crippen LogP contribution is -2.21. The van der Waals surface area contributed by atoms with Crippen LogP contribution in [0.5, 0.6) is 5.88 Å². The van der Waals surface area contributed by atoms with Crippen LogP contribution in [0, 0.1) is 5.82 Å². The molecule has 1 aromatic heterocycles. The van der Waals surface area contributed by atoms with Gasteiger partial charge in [-0.05, 0) is 18.2 Å². The second kappa shape index (κ2) is 6.54. The molecule has 2 aromatic rings. The molecule has 20 heavy (non-hydrogen) atoms. The van der Waals surface area contributed by atoms with Crippen molar-refractivity contribution in [3.05, 3.63) is 52.4 Å². The summed E-state index contributed by atoms with van der Waals surface area (Å²) in [6.07, 6.45) is 1.34. The Bertz CT molecular complexity index is 638. The first-order valence-corrected chi connectivity index (χ1v) is 6.30. The highest BCUT2D eigenvalue weighted by Crippen LogP contribution is 2.24. The Morgan fingerprint density at radius 3 is 2.80 bits per heavy atom. The molecular weight excluding hydrogens is 306 g/mol. The Labute approximate surface area is 124 Å². The molecule has 1 N–H and O–H groups in total. The Kier molecular flexibility index (Phi) is 4.76. The predicted octanol–water partition coefficient (Wildman–Crippen LogP) is 3.55. The molecule has 0 aliphatic heterocycles. The quantitative estimate of drug-likeness (QED) is 0.939. The van der Waals surface area contributed by atoms with Crippen LogP contribution in [0.3, 0.4) is 0 Å². The molecule has 0 fully saturated rings. The lowest BCUT2D eigenvalue weighted by molar-refractivity contribution is -0.118. The third kappa shape index (κ3) is 3.82. The molecule has 0 saturated carbocycles. The number of pyridine rings is 1. The summed E-state index contributed by atoms with van der Waals surface area (Å²) in [5, 5.41) is 2.93. The first kappa shape index (κ1) is 14.6.